The molecule has 0 saturated carbocycles. The maximum absolute atomic E-state index is 15.2. The van der Waals surface area contributed by atoms with Crippen molar-refractivity contribution >= 4 is 53.3 Å². The number of benzene rings is 2. The molecule has 2 aromatic rings. The van der Waals surface area contributed by atoms with Crippen LogP contribution in [0.25, 0.3) is 0 Å². The average Bonchev–Trinajstić information content (AvgIpc) is 1.41. The van der Waals surface area contributed by atoms with E-state index in [1.165, 1.54) is 24.3 Å². The van der Waals surface area contributed by atoms with Crippen LogP contribution in [0.4, 0.5) is 0 Å². The first-order valence-electron chi connectivity index (χ1n) is 32.9. The van der Waals surface area contributed by atoms with E-state index in [2.05, 4.69) is 47.9 Å². The summed E-state index contributed by atoms with van der Waals surface area (Å²) >= 11 is 0. The topological polar surface area (TPSA) is 597 Å². The molecule has 38 heteroatoms. The number of nitrogens with zero attached hydrogens (tertiary/aromatic N) is 1. The number of aliphatic hydroxyl groups excluding tert-OH is 13. The number of amides is 6. The van der Waals surface area contributed by atoms with Crippen molar-refractivity contribution in [2.24, 2.45) is 5.92 Å². The van der Waals surface area contributed by atoms with Gasteiger partial charge in [-0.25, -0.2) is 0 Å². The van der Waals surface area contributed by atoms with Crippen LogP contribution in [0.3, 0.4) is 0 Å². The zero-order valence-corrected chi connectivity index (χ0v) is 54.8. The van der Waals surface area contributed by atoms with Gasteiger partial charge in [0.05, 0.1) is 44.4 Å². The molecule has 25 atom stereocenters. The van der Waals surface area contributed by atoms with Crippen LogP contribution in [0.2, 0.25) is 0 Å². The second-order valence-electron chi connectivity index (χ2n) is 25.3. The number of carbonyl (C=O) groups excluding carboxylic acids is 7. The van der Waals surface area contributed by atoms with Crippen LogP contribution in [0.5, 0.6) is 5.75 Å². The molecule has 2 aromatic carbocycles. The summed E-state index contributed by atoms with van der Waals surface area (Å²) in [5.41, 5.74) is 0.687. The molecule has 556 valence electrons. The number of hydrogen-bond acceptors (Lipinski definition) is 28. The van der Waals surface area contributed by atoms with Gasteiger partial charge in [0.15, 0.2) is 24.4 Å². The zero-order chi connectivity index (χ0) is 73.0. The number of aliphatic hydroxyl groups is 13. The fourth-order valence-electron chi connectivity index (χ4n) is 12.6. The van der Waals surface area contributed by atoms with E-state index in [0.717, 1.165) is 4.90 Å². The molecule has 0 aliphatic carbocycles. The summed E-state index contributed by atoms with van der Waals surface area (Å²) in [5.74, 6) is -10.5. The number of hydrogen-bond donors (Lipinski definition) is 24. The fraction of sp³-hybridized carbons (Fsp3) is 0.661. The van der Waals surface area contributed by atoms with Gasteiger partial charge in [-0.1, -0.05) is 76.1 Å². The van der Waals surface area contributed by atoms with Gasteiger partial charge in [-0.15, -0.1) is 0 Å². The van der Waals surface area contributed by atoms with E-state index in [4.69, 9.17) is 39.2 Å². The largest absolute Gasteiger partial charge is 0.463 e. The van der Waals surface area contributed by atoms with Crippen molar-refractivity contribution in [2.45, 2.75) is 205 Å². The van der Waals surface area contributed by atoms with Gasteiger partial charge in [0, 0.05) is 25.4 Å². The Kier molecular flexibility index (Phi) is 27.6. The van der Waals surface area contributed by atoms with Crippen LogP contribution in [-0.2, 0) is 63.7 Å². The van der Waals surface area contributed by atoms with Gasteiger partial charge in [-0.3, -0.25) is 44.4 Å². The first kappa shape index (κ1) is 78.1. The number of esters is 1. The molecule has 38 nitrogen and oxygen atoms in total. The van der Waals surface area contributed by atoms with Gasteiger partial charge < -0.3 is 148 Å². The molecular formula is C62H92N12O26. The monoisotopic (exact) mass is 1420 g/mol. The van der Waals surface area contributed by atoms with E-state index in [-0.39, 0.29) is 23.8 Å². The molecule has 6 fully saturated rings. The number of rotatable bonds is 23. The lowest BCUT2D eigenvalue weighted by Gasteiger charge is -2.46. The summed E-state index contributed by atoms with van der Waals surface area (Å²) in [5, 5.41) is 181. The Morgan fingerprint density at radius 1 is 0.590 bits per heavy atom. The van der Waals surface area contributed by atoms with Crippen molar-refractivity contribution in [2.75, 3.05) is 46.1 Å². The second kappa shape index (κ2) is 35.3. The molecule has 6 aliphatic rings. The van der Waals surface area contributed by atoms with Crippen LogP contribution < -0.4 is 52.6 Å². The number of guanidine groups is 2. The summed E-state index contributed by atoms with van der Waals surface area (Å²) in [6, 6.07) is 0.677. The summed E-state index contributed by atoms with van der Waals surface area (Å²) in [7, 11) is 0. The highest BCUT2D eigenvalue weighted by Gasteiger charge is 2.55. The Hall–Kier alpha value is -7.61. The number of ether oxygens (including phenoxy) is 6. The van der Waals surface area contributed by atoms with Gasteiger partial charge in [0.1, 0.15) is 128 Å². The molecule has 0 aromatic heterocycles. The molecule has 6 amide bonds. The summed E-state index contributed by atoms with van der Waals surface area (Å²) in [6.07, 6.45) is -30.1. The van der Waals surface area contributed by atoms with Gasteiger partial charge in [0.25, 0.3) is 0 Å². The number of carbonyl (C=O) groups is 7. The van der Waals surface area contributed by atoms with Gasteiger partial charge >= 0.3 is 5.97 Å². The van der Waals surface area contributed by atoms with Crippen LogP contribution in [0, 0.1) is 16.7 Å². The first-order valence-corrected chi connectivity index (χ1v) is 32.9. The standard InChI is InChI=1S/C62H92N12O26/c1-4-9-28(10-5-2)58(94)95-24-36-51(100-60-49(87)46(84)44(82)35(23-77)98-60)47(85)50(88)59(99-36)96-29-15-13-26(14-16-29)17-30-53(90)72-39(41(79)31-18-66-61(63)70-31)56(93)73-40(42(80)33-19-67-62(64)74(33)57-48(86)45(83)43(81)34(22-76)97-57)55(92)69-32(21-75)52(89)65-20-37(78)71-38(54(91)68-30)25(3)27-11-7-6-8-12-27/h6-8,11-16,25,28,30-36,38-51,57,59-60,75-77,79-88H,4-5,9-10,17-24H2,1-3H3,(H2,64,67)(H,65,89)(H,68,91)(H,69,92)(H,71,78)(H,72,90)(H,73,93)(H3,63,66,70). The molecule has 24 N–H and O–H groups in total. The highest BCUT2D eigenvalue weighted by molar-refractivity contribution is 5.98. The third-order valence-corrected chi connectivity index (χ3v) is 18.4. The minimum absolute atomic E-state index is 0.0875. The Balaban J connectivity index is 1.12. The van der Waals surface area contributed by atoms with Crippen LogP contribution >= 0.6 is 0 Å². The third kappa shape index (κ3) is 18.4. The van der Waals surface area contributed by atoms with E-state index >= 15 is 9.59 Å². The van der Waals surface area contributed by atoms with Crippen molar-refractivity contribution in [3.63, 3.8) is 0 Å². The van der Waals surface area contributed by atoms with Crippen molar-refractivity contribution in [3.8, 4) is 5.75 Å². The second-order valence-corrected chi connectivity index (χ2v) is 25.3. The summed E-state index contributed by atoms with van der Waals surface area (Å²) in [4.78, 5) is 102. The molecule has 6 heterocycles. The lowest BCUT2D eigenvalue weighted by Crippen LogP contribution is -2.69. The molecule has 0 spiro atoms. The van der Waals surface area contributed by atoms with Crippen molar-refractivity contribution in [3.05, 3.63) is 65.7 Å². The van der Waals surface area contributed by atoms with E-state index in [0.29, 0.717) is 31.2 Å². The normalized spacial score (nSPS) is 35.2. The van der Waals surface area contributed by atoms with Crippen LogP contribution in [0.1, 0.15) is 63.5 Å². The van der Waals surface area contributed by atoms with Gasteiger partial charge in [0.2, 0.25) is 41.7 Å². The van der Waals surface area contributed by atoms with Crippen LogP contribution in [-0.4, -0.2) is 317 Å². The quantitative estimate of drug-likeness (QED) is 0.0459. The fourth-order valence-corrected chi connectivity index (χ4v) is 12.6. The Morgan fingerprint density at radius 3 is 1.79 bits per heavy atom. The molecule has 8 rings (SSSR count). The minimum Gasteiger partial charge on any atom is -0.463 e. The SMILES string of the molecule is CCCC(CCC)C(=O)OCC1OC(Oc2ccc(CC3NC(=O)C(C(C)c4ccccc4)NC(=O)CNC(=O)C(CO)NC(=O)C(C(O)C4CNC(=N)N4C4OC(CO)C(O)C(O)C4O)NC(=O)C(C(O)C4CNC(=N)N4)NC3=O)cc2)C(O)C(O)C1OC1OC(CO)C(O)C(O)C1O. The third-order valence-electron chi connectivity index (χ3n) is 18.4. The van der Waals surface area contributed by atoms with Crippen LogP contribution in [0.15, 0.2) is 54.6 Å². The smallest absolute Gasteiger partial charge is 0.309 e. The van der Waals surface area contributed by atoms with Gasteiger partial charge in [-0.2, -0.15) is 0 Å². The van der Waals surface area contributed by atoms with Gasteiger partial charge in [-0.05, 0) is 36.1 Å². The lowest BCUT2D eigenvalue weighted by molar-refractivity contribution is -0.352. The van der Waals surface area contributed by atoms with E-state index in [1.54, 1.807) is 37.3 Å². The predicted molar refractivity (Wildman–Crippen MR) is 339 cm³/mol. The predicted octanol–water partition coefficient (Wildman–Crippen LogP) is -10.4. The van der Waals surface area contributed by atoms with Crippen molar-refractivity contribution in [1.82, 2.24) is 52.8 Å². The van der Waals surface area contributed by atoms with Crippen molar-refractivity contribution in [1.29, 1.82) is 10.8 Å². The number of nitrogens with one attached hydrogen (secondary N) is 11. The maximum atomic E-state index is 15.2. The average molecular weight is 1420 g/mol. The molecule has 0 bridgehead atoms. The minimum atomic E-state index is -2.37. The lowest BCUT2D eigenvalue weighted by atomic mass is 9.92. The molecule has 6 saturated heterocycles. The molecule has 6 aliphatic heterocycles. The Morgan fingerprint density at radius 2 is 1.17 bits per heavy atom. The van der Waals surface area contributed by atoms with Crippen molar-refractivity contribution < 1.29 is 128 Å². The van der Waals surface area contributed by atoms with E-state index in [1.807, 2.05) is 13.8 Å². The highest BCUT2D eigenvalue weighted by Crippen LogP contribution is 2.33. The molecule has 0 radical (unpaired) electrons. The molecule has 25 unspecified atom stereocenters. The summed E-state index contributed by atoms with van der Waals surface area (Å²) < 4.78 is 34.9. The Labute approximate surface area is 572 Å². The molecular weight excluding hydrogens is 1330 g/mol. The first-order chi connectivity index (χ1) is 47.6. The van der Waals surface area contributed by atoms with E-state index in [9.17, 15) is 90.4 Å². The summed E-state index contributed by atoms with van der Waals surface area (Å²) in [6.45, 7) is 0.0770. The van der Waals surface area contributed by atoms with E-state index < -0.39 is 252 Å². The maximum Gasteiger partial charge on any atom is 0.309 e. The molecule has 100 heavy (non-hydrogen) atoms. The Bertz CT molecular complexity index is 3130. The highest BCUT2D eigenvalue weighted by atomic mass is 16.7. The zero-order valence-electron chi connectivity index (χ0n) is 54.8.